The minimum absolute atomic E-state index is 0.867. The molecule has 0 saturated heterocycles. The molecule has 2 rings (SSSR count). The molecule has 0 aliphatic rings. The Kier molecular flexibility index (Phi) is 5.10. The van der Waals surface area contributed by atoms with Gasteiger partial charge in [-0.1, -0.05) is 0 Å². The van der Waals surface area contributed by atoms with Gasteiger partial charge in [-0.2, -0.15) is 0 Å². The monoisotopic (exact) mass is 271 g/mol. The maximum atomic E-state index is 3.48. The lowest BCUT2D eigenvalue weighted by Gasteiger charge is -2.21. The van der Waals surface area contributed by atoms with E-state index in [1.165, 1.54) is 17.1 Å². The number of nitrogens with one attached hydrogen (secondary N) is 1. The van der Waals surface area contributed by atoms with E-state index in [-0.39, 0.29) is 0 Å². The Morgan fingerprint density at radius 1 is 1.00 bits per heavy atom. The topological polar surface area (TPSA) is 20.2 Å². The van der Waals surface area contributed by atoms with Gasteiger partial charge in [0.2, 0.25) is 0 Å². The average Bonchev–Trinajstić information content (AvgIpc) is 2.95. The third kappa shape index (κ3) is 3.35. The fourth-order valence-corrected chi connectivity index (χ4v) is 2.49. The largest absolute Gasteiger partial charge is 0.379 e. The first-order valence-corrected chi connectivity index (χ1v) is 7.51. The first-order chi connectivity index (χ1) is 9.78. The molecule has 2 aromatic rings. The summed E-state index contributed by atoms with van der Waals surface area (Å²) in [6.45, 7) is 10.5. The minimum Gasteiger partial charge on any atom is -0.379 e. The fraction of sp³-hybridized carbons (Fsp3) is 0.412. The van der Waals surface area contributed by atoms with Gasteiger partial charge < -0.3 is 14.8 Å². The summed E-state index contributed by atoms with van der Waals surface area (Å²) in [5.74, 6) is 0. The van der Waals surface area contributed by atoms with Crippen LogP contribution >= 0.6 is 0 Å². The van der Waals surface area contributed by atoms with Crippen molar-refractivity contribution in [2.24, 2.45) is 0 Å². The highest BCUT2D eigenvalue weighted by molar-refractivity contribution is 5.55. The van der Waals surface area contributed by atoms with Crippen molar-refractivity contribution in [3.63, 3.8) is 0 Å². The fourth-order valence-electron chi connectivity index (χ4n) is 2.49. The highest BCUT2D eigenvalue weighted by Gasteiger charge is 2.02. The van der Waals surface area contributed by atoms with Crippen LogP contribution in [0.4, 0.5) is 11.4 Å². The summed E-state index contributed by atoms with van der Waals surface area (Å²) in [7, 11) is 0. The van der Waals surface area contributed by atoms with E-state index in [1.807, 2.05) is 0 Å². The quantitative estimate of drug-likeness (QED) is 0.822. The van der Waals surface area contributed by atoms with Crippen LogP contribution in [0.1, 0.15) is 26.5 Å². The zero-order valence-corrected chi connectivity index (χ0v) is 12.8. The van der Waals surface area contributed by atoms with Crippen molar-refractivity contribution in [3.05, 3.63) is 48.3 Å². The zero-order valence-electron chi connectivity index (χ0n) is 12.8. The number of hydrogen-bond acceptors (Lipinski definition) is 2. The van der Waals surface area contributed by atoms with E-state index in [9.17, 15) is 0 Å². The predicted molar refractivity (Wildman–Crippen MR) is 87.4 cm³/mol. The molecule has 0 atom stereocenters. The first-order valence-electron chi connectivity index (χ1n) is 7.51. The van der Waals surface area contributed by atoms with E-state index in [1.54, 1.807) is 0 Å². The standard InChI is InChI=1S/C17H25N3/c1-4-19(5-2)16-11-9-15(10-12-16)18-14-17-8-7-13-20(17)6-3/h7-13,18H,4-6,14H2,1-3H3. The summed E-state index contributed by atoms with van der Waals surface area (Å²) in [6.07, 6.45) is 2.13. The van der Waals surface area contributed by atoms with Gasteiger partial charge in [-0.15, -0.1) is 0 Å². The lowest BCUT2D eigenvalue weighted by atomic mass is 10.2. The highest BCUT2D eigenvalue weighted by Crippen LogP contribution is 2.18. The van der Waals surface area contributed by atoms with E-state index < -0.39 is 0 Å². The van der Waals surface area contributed by atoms with Crippen molar-refractivity contribution in [1.82, 2.24) is 4.57 Å². The maximum absolute atomic E-state index is 3.48. The van der Waals surface area contributed by atoms with Crippen molar-refractivity contribution in [2.45, 2.75) is 33.9 Å². The molecule has 0 saturated carbocycles. The molecule has 3 heteroatoms. The molecule has 0 unspecified atom stereocenters. The van der Waals surface area contributed by atoms with Gasteiger partial charge in [0.15, 0.2) is 0 Å². The molecule has 20 heavy (non-hydrogen) atoms. The Labute approximate surface area is 122 Å². The molecule has 0 aliphatic carbocycles. The number of nitrogens with zero attached hydrogens (tertiary/aromatic N) is 2. The lowest BCUT2D eigenvalue weighted by molar-refractivity contribution is 0.724. The molecule has 1 aromatic carbocycles. The second-order valence-electron chi connectivity index (χ2n) is 4.86. The summed E-state index contributed by atoms with van der Waals surface area (Å²) >= 11 is 0. The van der Waals surface area contributed by atoms with Gasteiger partial charge >= 0.3 is 0 Å². The summed E-state index contributed by atoms with van der Waals surface area (Å²) in [6, 6.07) is 13.0. The van der Waals surface area contributed by atoms with Gasteiger partial charge in [0.05, 0.1) is 6.54 Å². The molecule has 0 spiro atoms. The normalized spacial score (nSPS) is 10.6. The van der Waals surface area contributed by atoms with Crippen LogP contribution in [-0.2, 0) is 13.1 Å². The van der Waals surface area contributed by atoms with Gasteiger partial charge in [0.25, 0.3) is 0 Å². The summed E-state index contributed by atoms with van der Waals surface area (Å²) in [5.41, 5.74) is 3.78. The van der Waals surface area contributed by atoms with Gasteiger partial charge in [-0.25, -0.2) is 0 Å². The number of hydrogen-bond donors (Lipinski definition) is 1. The van der Waals surface area contributed by atoms with Crippen molar-refractivity contribution in [2.75, 3.05) is 23.3 Å². The minimum atomic E-state index is 0.867. The smallest absolute Gasteiger partial charge is 0.0553 e. The second-order valence-corrected chi connectivity index (χ2v) is 4.86. The SMILES string of the molecule is CCN(CC)c1ccc(NCc2cccn2CC)cc1. The number of rotatable bonds is 7. The third-order valence-corrected chi connectivity index (χ3v) is 3.73. The molecule has 1 N–H and O–H groups in total. The Bertz CT molecular complexity index is 509. The van der Waals surface area contributed by atoms with Gasteiger partial charge in [-0.05, 0) is 57.2 Å². The lowest BCUT2D eigenvalue weighted by Crippen LogP contribution is -2.21. The molecular weight excluding hydrogens is 246 g/mol. The van der Waals surface area contributed by atoms with Crippen LogP contribution in [-0.4, -0.2) is 17.7 Å². The Morgan fingerprint density at radius 2 is 1.70 bits per heavy atom. The molecule has 0 aliphatic heterocycles. The summed E-state index contributed by atoms with van der Waals surface area (Å²) in [5, 5.41) is 3.48. The van der Waals surface area contributed by atoms with Gasteiger partial charge in [-0.3, -0.25) is 0 Å². The van der Waals surface area contributed by atoms with E-state index in [4.69, 9.17) is 0 Å². The third-order valence-electron chi connectivity index (χ3n) is 3.73. The number of anilines is 2. The van der Waals surface area contributed by atoms with E-state index in [2.05, 4.69) is 78.2 Å². The van der Waals surface area contributed by atoms with Crippen LogP contribution in [0.15, 0.2) is 42.6 Å². The average molecular weight is 271 g/mol. The molecule has 1 heterocycles. The van der Waals surface area contributed by atoms with Crippen LogP contribution in [0.25, 0.3) is 0 Å². The van der Waals surface area contributed by atoms with E-state index in [0.29, 0.717) is 0 Å². The van der Waals surface area contributed by atoms with Crippen molar-refractivity contribution in [3.8, 4) is 0 Å². The Hall–Kier alpha value is -1.90. The molecule has 108 valence electrons. The van der Waals surface area contributed by atoms with Crippen LogP contribution in [0.2, 0.25) is 0 Å². The summed E-state index contributed by atoms with van der Waals surface area (Å²) in [4.78, 5) is 2.35. The Balaban J connectivity index is 1.97. The maximum Gasteiger partial charge on any atom is 0.0553 e. The van der Waals surface area contributed by atoms with Gasteiger partial charge in [0, 0.05) is 42.9 Å². The van der Waals surface area contributed by atoms with E-state index >= 15 is 0 Å². The summed E-state index contributed by atoms with van der Waals surface area (Å²) < 4.78 is 2.26. The van der Waals surface area contributed by atoms with Crippen LogP contribution in [0, 0.1) is 0 Å². The molecule has 0 bridgehead atoms. The van der Waals surface area contributed by atoms with Crippen molar-refractivity contribution in [1.29, 1.82) is 0 Å². The van der Waals surface area contributed by atoms with Crippen LogP contribution in [0.3, 0.4) is 0 Å². The first kappa shape index (κ1) is 14.5. The Morgan fingerprint density at radius 3 is 2.30 bits per heavy atom. The van der Waals surface area contributed by atoms with E-state index in [0.717, 1.165) is 26.2 Å². The van der Waals surface area contributed by atoms with Gasteiger partial charge in [0.1, 0.15) is 0 Å². The molecule has 1 aromatic heterocycles. The molecule has 3 nitrogen and oxygen atoms in total. The van der Waals surface area contributed by atoms with Crippen LogP contribution < -0.4 is 10.2 Å². The second kappa shape index (κ2) is 7.04. The van der Waals surface area contributed by atoms with Crippen molar-refractivity contribution >= 4 is 11.4 Å². The number of benzene rings is 1. The predicted octanol–water partition coefficient (Wildman–Crippen LogP) is 3.97. The molecule has 0 fully saturated rings. The molecule has 0 amide bonds. The van der Waals surface area contributed by atoms with Crippen molar-refractivity contribution < 1.29 is 0 Å². The molecule has 0 radical (unpaired) electrons. The highest BCUT2D eigenvalue weighted by atomic mass is 15.1. The van der Waals surface area contributed by atoms with Crippen LogP contribution in [0.5, 0.6) is 0 Å². The number of aromatic nitrogens is 1. The molecular formula is C17H25N3. The zero-order chi connectivity index (χ0) is 14.4. The number of aryl methyl sites for hydroxylation is 1.